The maximum Gasteiger partial charge on any atom is 0.263 e. The Bertz CT molecular complexity index is 1160. The molecule has 1 amide bonds. The van der Waals surface area contributed by atoms with E-state index in [0.717, 1.165) is 21.6 Å². The summed E-state index contributed by atoms with van der Waals surface area (Å²) in [5, 5.41) is 7.39. The molecule has 4 rings (SSSR count). The van der Waals surface area contributed by atoms with Gasteiger partial charge in [0, 0.05) is 22.4 Å². The van der Waals surface area contributed by atoms with Gasteiger partial charge in [-0.15, -0.1) is 22.7 Å². The Morgan fingerprint density at radius 2 is 2.04 bits per heavy atom. The van der Waals surface area contributed by atoms with E-state index in [2.05, 4.69) is 10.3 Å². The van der Waals surface area contributed by atoms with E-state index >= 15 is 0 Å². The first-order valence-corrected chi connectivity index (χ1v) is 10.2. The number of aromatic nitrogens is 2. The maximum atomic E-state index is 12.9. The van der Waals surface area contributed by atoms with E-state index in [4.69, 9.17) is 0 Å². The third-order valence-corrected chi connectivity index (χ3v) is 6.19. The minimum Gasteiger partial charge on any atom is -0.350 e. The number of nitrogens with one attached hydrogen (secondary N) is 1. The van der Waals surface area contributed by atoms with Crippen LogP contribution < -0.4 is 10.9 Å². The highest BCUT2D eigenvalue weighted by molar-refractivity contribution is 7.18. The zero-order chi connectivity index (χ0) is 18.8. The third-order valence-electron chi connectivity index (χ3n) is 4.40. The van der Waals surface area contributed by atoms with Crippen LogP contribution in [0.25, 0.3) is 20.7 Å². The molecule has 27 heavy (non-hydrogen) atoms. The molecular formula is C20H17N3O2S2. The fraction of sp³-hybridized carbons (Fsp3) is 0.150. The Hall–Kier alpha value is -2.77. The number of carbonyl (C=O) groups is 1. The molecule has 1 aromatic carbocycles. The fourth-order valence-electron chi connectivity index (χ4n) is 2.91. The molecule has 3 heterocycles. The lowest BCUT2D eigenvalue weighted by Gasteiger charge is -2.09. The van der Waals surface area contributed by atoms with Gasteiger partial charge in [0.25, 0.3) is 5.56 Å². The summed E-state index contributed by atoms with van der Waals surface area (Å²) in [6, 6.07) is 11.8. The number of rotatable bonds is 5. The lowest BCUT2D eigenvalue weighted by Crippen LogP contribution is -2.32. The first-order valence-electron chi connectivity index (χ1n) is 8.45. The Balaban J connectivity index is 1.56. The van der Waals surface area contributed by atoms with Gasteiger partial charge in [0.1, 0.15) is 11.4 Å². The standard InChI is InChI=1S/C20H17N3O2S2/c1-13-5-2-3-6-14(13)9-21-17(24)10-23-12-22-19-18(20(23)25)15(11-27-19)16-7-4-8-26-16/h2-8,11-12H,9-10H2,1H3,(H,21,24). The van der Waals surface area contributed by atoms with E-state index in [1.54, 1.807) is 11.3 Å². The van der Waals surface area contributed by atoms with Crippen molar-refractivity contribution in [1.29, 1.82) is 0 Å². The number of nitrogens with zero attached hydrogens (tertiary/aromatic N) is 2. The second-order valence-electron chi connectivity index (χ2n) is 6.19. The summed E-state index contributed by atoms with van der Waals surface area (Å²) in [4.78, 5) is 31.4. The summed E-state index contributed by atoms with van der Waals surface area (Å²) in [5.41, 5.74) is 2.88. The lowest BCUT2D eigenvalue weighted by molar-refractivity contribution is -0.121. The van der Waals surface area contributed by atoms with Crippen LogP contribution in [0.5, 0.6) is 0 Å². The van der Waals surface area contributed by atoms with Crippen molar-refractivity contribution in [3.05, 3.63) is 75.0 Å². The largest absolute Gasteiger partial charge is 0.350 e. The van der Waals surface area contributed by atoms with Crippen LogP contribution in [0.2, 0.25) is 0 Å². The second kappa shape index (κ2) is 7.46. The van der Waals surface area contributed by atoms with E-state index in [1.165, 1.54) is 22.2 Å². The predicted octanol–water partition coefficient (Wildman–Crippen LogP) is 3.81. The molecule has 0 spiro atoms. The quantitative estimate of drug-likeness (QED) is 0.559. The van der Waals surface area contributed by atoms with Gasteiger partial charge < -0.3 is 5.32 Å². The Morgan fingerprint density at radius 3 is 2.81 bits per heavy atom. The van der Waals surface area contributed by atoms with E-state index in [9.17, 15) is 9.59 Å². The monoisotopic (exact) mass is 395 g/mol. The molecule has 0 aliphatic carbocycles. The van der Waals surface area contributed by atoms with Crippen LogP contribution in [0, 0.1) is 6.92 Å². The number of carbonyl (C=O) groups excluding carboxylic acids is 1. The maximum absolute atomic E-state index is 12.9. The van der Waals surface area contributed by atoms with Gasteiger partial charge in [-0.3, -0.25) is 14.2 Å². The third kappa shape index (κ3) is 3.56. The van der Waals surface area contributed by atoms with Crippen LogP contribution in [0.3, 0.4) is 0 Å². The first kappa shape index (κ1) is 17.6. The van der Waals surface area contributed by atoms with E-state index in [1.807, 2.05) is 54.1 Å². The van der Waals surface area contributed by atoms with Crippen LogP contribution in [0.4, 0.5) is 0 Å². The summed E-state index contributed by atoms with van der Waals surface area (Å²) in [6.45, 7) is 2.40. The molecule has 0 saturated heterocycles. The summed E-state index contributed by atoms with van der Waals surface area (Å²) in [7, 11) is 0. The molecule has 0 aliphatic heterocycles. The second-order valence-corrected chi connectivity index (χ2v) is 7.99. The van der Waals surface area contributed by atoms with Gasteiger partial charge in [0.2, 0.25) is 5.91 Å². The van der Waals surface area contributed by atoms with Gasteiger partial charge >= 0.3 is 0 Å². The highest BCUT2D eigenvalue weighted by atomic mass is 32.1. The molecular weight excluding hydrogens is 378 g/mol. The number of fused-ring (bicyclic) bond motifs is 1. The van der Waals surface area contributed by atoms with Crippen LogP contribution in [-0.4, -0.2) is 15.5 Å². The molecule has 0 aliphatic rings. The normalized spacial score (nSPS) is 11.0. The summed E-state index contributed by atoms with van der Waals surface area (Å²) < 4.78 is 1.37. The number of benzene rings is 1. The molecule has 0 bridgehead atoms. The molecule has 5 nitrogen and oxygen atoms in total. The highest BCUT2D eigenvalue weighted by Gasteiger charge is 2.15. The predicted molar refractivity (Wildman–Crippen MR) is 110 cm³/mol. The topological polar surface area (TPSA) is 64.0 Å². The Morgan fingerprint density at radius 1 is 1.19 bits per heavy atom. The molecule has 1 N–H and O–H groups in total. The van der Waals surface area contributed by atoms with Crippen molar-refractivity contribution in [3.8, 4) is 10.4 Å². The molecule has 0 atom stereocenters. The first-order chi connectivity index (χ1) is 13.1. The van der Waals surface area contributed by atoms with Crippen molar-refractivity contribution >= 4 is 38.8 Å². The van der Waals surface area contributed by atoms with Crippen molar-refractivity contribution in [2.24, 2.45) is 0 Å². The number of aryl methyl sites for hydroxylation is 1. The molecule has 0 unspecified atom stereocenters. The van der Waals surface area contributed by atoms with Crippen LogP contribution in [0.15, 0.2) is 58.3 Å². The van der Waals surface area contributed by atoms with Crippen molar-refractivity contribution in [1.82, 2.24) is 14.9 Å². The van der Waals surface area contributed by atoms with Crippen molar-refractivity contribution in [2.75, 3.05) is 0 Å². The highest BCUT2D eigenvalue weighted by Crippen LogP contribution is 2.33. The van der Waals surface area contributed by atoms with Gasteiger partial charge in [-0.25, -0.2) is 4.98 Å². The van der Waals surface area contributed by atoms with Crippen LogP contribution in [0.1, 0.15) is 11.1 Å². The number of amides is 1. The van der Waals surface area contributed by atoms with Gasteiger partial charge in [0.05, 0.1) is 11.7 Å². The molecule has 0 radical (unpaired) electrons. The van der Waals surface area contributed by atoms with Gasteiger partial charge in [-0.1, -0.05) is 30.3 Å². The van der Waals surface area contributed by atoms with Gasteiger partial charge in [-0.2, -0.15) is 0 Å². The minimum absolute atomic E-state index is 0.0482. The average molecular weight is 396 g/mol. The molecule has 7 heteroatoms. The zero-order valence-corrected chi connectivity index (χ0v) is 16.3. The fourth-order valence-corrected chi connectivity index (χ4v) is 4.63. The number of hydrogen-bond acceptors (Lipinski definition) is 5. The van der Waals surface area contributed by atoms with Crippen LogP contribution >= 0.6 is 22.7 Å². The lowest BCUT2D eigenvalue weighted by atomic mass is 10.1. The molecule has 0 fully saturated rings. The van der Waals surface area contributed by atoms with Crippen molar-refractivity contribution in [3.63, 3.8) is 0 Å². The summed E-state index contributed by atoms with van der Waals surface area (Å²) >= 11 is 3.03. The van der Waals surface area contributed by atoms with Crippen molar-refractivity contribution < 1.29 is 4.79 Å². The average Bonchev–Trinajstić information content (AvgIpc) is 3.33. The summed E-state index contributed by atoms with van der Waals surface area (Å²) in [5.74, 6) is -0.214. The number of hydrogen-bond donors (Lipinski definition) is 1. The van der Waals surface area contributed by atoms with Gasteiger partial charge in [-0.05, 0) is 29.5 Å². The summed E-state index contributed by atoms with van der Waals surface area (Å²) in [6.07, 6.45) is 1.45. The Kier molecular flexibility index (Phi) is 4.87. The molecule has 0 saturated carbocycles. The van der Waals surface area contributed by atoms with E-state index in [-0.39, 0.29) is 18.0 Å². The SMILES string of the molecule is Cc1ccccc1CNC(=O)Cn1cnc2scc(-c3cccs3)c2c1=O. The molecule has 4 aromatic rings. The van der Waals surface area contributed by atoms with Crippen LogP contribution in [-0.2, 0) is 17.9 Å². The smallest absolute Gasteiger partial charge is 0.263 e. The molecule has 3 aromatic heterocycles. The number of thiophene rings is 2. The van der Waals surface area contributed by atoms with Gasteiger partial charge in [0.15, 0.2) is 0 Å². The van der Waals surface area contributed by atoms with E-state index in [0.29, 0.717) is 16.8 Å². The minimum atomic E-state index is -0.214. The molecule has 136 valence electrons. The zero-order valence-electron chi connectivity index (χ0n) is 14.6. The Labute approximate surface area is 163 Å². The van der Waals surface area contributed by atoms with E-state index < -0.39 is 0 Å². The van der Waals surface area contributed by atoms with Crippen molar-refractivity contribution in [2.45, 2.75) is 20.0 Å².